The minimum Gasteiger partial charge on any atom is -0.409 e. The molecule has 0 radical (unpaired) electrons. The summed E-state index contributed by atoms with van der Waals surface area (Å²) in [6.45, 7) is 5.74. The van der Waals surface area contributed by atoms with Gasteiger partial charge in [-0.05, 0) is 49.1 Å². The van der Waals surface area contributed by atoms with Gasteiger partial charge in [-0.1, -0.05) is 72.8 Å². The zero-order valence-corrected chi connectivity index (χ0v) is 18.9. The first-order chi connectivity index (χ1) is 15.6. The molecule has 3 atom stereocenters. The zero-order chi connectivity index (χ0) is 22.8. The molecule has 0 aliphatic carbocycles. The fraction of sp³-hybridized carbons (Fsp3) is 0.333. The molecular formula is C27H34N2O3. The van der Waals surface area contributed by atoms with E-state index in [1.54, 1.807) is 0 Å². The third-order valence-corrected chi connectivity index (χ3v) is 5.60. The lowest BCUT2D eigenvalue weighted by molar-refractivity contribution is 0.0480. The standard InChI is InChI=1S/C27H34N2O3/c1-3-28-32-25-16-14-22(15-17-25)18-21(2)29(19-26(30)23-10-6-4-7-11-23)20-27(31)24-12-8-5-9-13-24/h4-17,21,26-28,30-31H,3,18-20H2,1-2H3. The summed E-state index contributed by atoms with van der Waals surface area (Å²) in [5.74, 6) is 0.777. The molecule has 3 aromatic rings. The largest absolute Gasteiger partial charge is 0.409 e. The van der Waals surface area contributed by atoms with Crippen LogP contribution in [0, 0.1) is 0 Å². The molecule has 170 valence electrons. The maximum Gasteiger partial charge on any atom is 0.147 e. The monoisotopic (exact) mass is 434 g/mol. The van der Waals surface area contributed by atoms with E-state index in [9.17, 15) is 10.2 Å². The fourth-order valence-electron chi connectivity index (χ4n) is 3.76. The number of nitrogens with zero attached hydrogens (tertiary/aromatic N) is 1. The minimum absolute atomic E-state index is 0.118. The number of hydrogen-bond donors (Lipinski definition) is 3. The van der Waals surface area contributed by atoms with Crippen molar-refractivity contribution < 1.29 is 15.1 Å². The molecule has 0 saturated carbocycles. The summed E-state index contributed by atoms with van der Waals surface area (Å²) < 4.78 is 0. The van der Waals surface area contributed by atoms with Crippen molar-refractivity contribution in [3.63, 3.8) is 0 Å². The van der Waals surface area contributed by atoms with E-state index in [2.05, 4.69) is 29.4 Å². The maximum atomic E-state index is 10.9. The van der Waals surface area contributed by atoms with Gasteiger partial charge in [0.25, 0.3) is 0 Å². The van der Waals surface area contributed by atoms with Crippen LogP contribution in [0.3, 0.4) is 0 Å². The molecule has 32 heavy (non-hydrogen) atoms. The van der Waals surface area contributed by atoms with E-state index < -0.39 is 12.2 Å². The van der Waals surface area contributed by atoms with Gasteiger partial charge in [0.15, 0.2) is 0 Å². The minimum atomic E-state index is -0.627. The smallest absolute Gasteiger partial charge is 0.147 e. The van der Waals surface area contributed by atoms with Gasteiger partial charge in [-0.15, -0.1) is 0 Å². The van der Waals surface area contributed by atoms with Gasteiger partial charge in [-0.25, -0.2) is 0 Å². The molecule has 5 heteroatoms. The first-order valence-electron chi connectivity index (χ1n) is 11.3. The number of aliphatic hydroxyl groups excluding tert-OH is 2. The lowest BCUT2D eigenvalue weighted by atomic mass is 10.0. The van der Waals surface area contributed by atoms with Gasteiger partial charge in [0.1, 0.15) is 5.75 Å². The predicted octanol–water partition coefficient (Wildman–Crippen LogP) is 4.29. The van der Waals surface area contributed by atoms with Gasteiger partial charge >= 0.3 is 0 Å². The molecule has 0 aromatic heterocycles. The molecule has 0 bridgehead atoms. The van der Waals surface area contributed by atoms with E-state index in [1.165, 1.54) is 5.56 Å². The Morgan fingerprint density at radius 1 is 0.781 bits per heavy atom. The topological polar surface area (TPSA) is 65.0 Å². The van der Waals surface area contributed by atoms with E-state index in [4.69, 9.17) is 4.84 Å². The number of nitrogens with one attached hydrogen (secondary N) is 1. The van der Waals surface area contributed by atoms with E-state index in [0.717, 1.165) is 29.8 Å². The Kier molecular flexibility index (Phi) is 9.26. The number of hydrogen-bond acceptors (Lipinski definition) is 5. The van der Waals surface area contributed by atoms with Crippen molar-refractivity contribution >= 4 is 0 Å². The quantitative estimate of drug-likeness (QED) is 0.371. The van der Waals surface area contributed by atoms with Crippen molar-refractivity contribution in [3.05, 3.63) is 102 Å². The first-order valence-corrected chi connectivity index (χ1v) is 11.3. The van der Waals surface area contributed by atoms with E-state index >= 15 is 0 Å². The van der Waals surface area contributed by atoms with Crippen LogP contribution in [0.15, 0.2) is 84.9 Å². The highest BCUT2D eigenvalue weighted by molar-refractivity contribution is 5.27. The zero-order valence-electron chi connectivity index (χ0n) is 18.9. The summed E-state index contributed by atoms with van der Waals surface area (Å²) in [6.07, 6.45) is -0.458. The highest BCUT2D eigenvalue weighted by atomic mass is 16.6. The summed E-state index contributed by atoms with van der Waals surface area (Å²) in [5.41, 5.74) is 5.79. The second-order valence-corrected chi connectivity index (χ2v) is 8.10. The third kappa shape index (κ3) is 7.18. The van der Waals surface area contributed by atoms with Gasteiger partial charge < -0.3 is 15.1 Å². The van der Waals surface area contributed by atoms with Crippen molar-refractivity contribution in [2.45, 2.75) is 38.5 Å². The van der Waals surface area contributed by atoms with Gasteiger partial charge in [0.05, 0.1) is 12.2 Å². The molecule has 3 unspecified atom stereocenters. The highest BCUT2D eigenvalue weighted by Gasteiger charge is 2.22. The SMILES string of the molecule is CCNOc1ccc(CC(C)N(CC(O)c2ccccc2)CC(O)c2ccccc2)cc1. The van der Waals surface area contributed by atoms with Crippen LogP contribution >= 0.6 is 0 Å². The van der Waals surface area contributed by atoms with Crippen molar-refractivity contribution in [1.29, 1.82) is 0 Å². The summed E-state index contributed by atoms with van der Waals surface area (Å²) in [6, 6.07) is 27.5. The molecule has 3 N–H and O–H groups in total. The molecule has 0 fully saturated rings. The lowest BCUT2D eigenvalue weighted by Crippen LogP contribution is -2.40. The van der Waals surface area contributed by atoms with Gasteiger partial charge in [0, 0.05) is 25.7 Å². The molecular weight excluding hydrogens is 400 g/mol. The fourth-order valence-corrected chi connectivity index (χ4v) is 3.76. The molecule has 5 nitrogen and oxygen atoms in total. The molecule has 0 amide bonds. The molecule has 0 heterocycles. The molecule has 0 spiro atoms. The lowest BCUT2D eigenvalue weighted by Gasteiger charge is -2.33. The first kappa shape index (κ1) is 24.0. The van der Waals surface area contributed by atoms with Crippen LogP contribution in [-0.4, -0.2) is 40.8 Å². The normalized spacial score (nSPS) is 14.2. The van der Waals surface area contributed by atoms with Crippen LogP contribution in [0.5, 0.6) is 5.75 Å². The summed E-state index contributed by atoms with van der Waals surface area (Å²) in [5, 5.41) is 21.7. The van der Waals surface area contributed by atoms with Crippen molar-refractivity contribution in [3.8, 4) is 5.75 Å². The maximum absolute atomic E-state index is 10.9. The number of rotatable bonds is 12. The van der Waals surface area contributed by atoms with Crippen molar-refractivity contribution in [2.24, 2.45) is 0 Å². The molecule has 0 saturated heterocycles. The Hall–Kier alpha value is -2.70. The average molecular weight is 435 g/mol. The van der Waals surface area contributed by atoms with Crippen molar-refractivity contribution in [1.82, 2.24) is 10.4 Å². The number of hydroxylamine groups is 1. The third-order valence-electron chi connectivity index (χ3n) is 5.60. The van der Waals surface area contributed by atoms with Crippen LogP contribution < -0.4 is 10.3 Å². The van der Waals surface area contributed by atoms with Gasteiger partial charge in [-0.2, -0.15) is 5.48 Å². The van der Waals surface area contributed by atoms with Crippen LogP contribution in [0.25, 0.3) is 0 Å². The Balaban J connectivity index is 1.71. The Labute approximate surface area is 191 Å². The van der Waals surface area contributed by atoms with Crippen LogP contribution in [0.1, 0.15) is 42.7 Å². The van der Waals surface area contributed by atoms with Gasteiger partial charge in [-0.3, -0.25) is 4.90 Å². The summed E-state index contributed by atoms with van der Waals surface area (Å²) in [7, 11) is 0. The van der Waals surface area contributed by atoms with Crippen LogP contribution in [-0.2, 0) is 6.42 Å². The second-order valence-electron chi connectivity index (χ2n) is 8.10. The Morgan fingerprint density at radius 2 is 1.28 bits per heavy atom. The van der Waals surface area contributed by atoms with E-state index in [0.29, 0.717) is 13.1 Å². The van der Waals surface area contributed by atoms with Crippen LogP contribution in [0.4, 0.5) is 0 Å². The molecule has 0 aliphatic rings. The summed E-state index contributed by atoms with van der Waals surface area (Å²) in [4.78, 5) is 7.60. The Morgan fingerprint density at radius 3 is 1.75 bits per heavy atom. The molecule has 3 rings (SSSR count). The van der Waals surface area contributed by atoms with Gasteiger partial charge in [0.2, 0.25) is 0 Å². The second kappa shape index (κ2) is 12.4. The highest BCUT2D eigenvalue weighted by Crippen LogP contribution is 2.22. The number of benzene rings is 3. The van der Waals surface area contributed by atoms with E-state index in [-0.39, 0.29) is 6.04 Å². The molecule has 0 aliphatic heterocycles. The van der Waals surface area contributed by atoms with Crippen molar-refractivity contribution in [2.75, 3.05) is 19.6 Å². The molecule has 3 aromatic carbocycles. The van der Waals surface area contributed by atoms with E-state index in [1.807, 2.05) is 79.7 Å². The Bertz CT molecular complexity index is 856. The predicted molar refractivity (Wildman–Crippen MR) is 128 cm³/mol. The number of aliphatic hydroxyl groups is 2. The van der Waals surface area contributed by atoms with Crippen LogP contribution in [0.2, 0.25) is 0 Å². The average Bonchev–Trinajstić information content (AvgIpc) is 2.84. The summed E-state index contributed by atoms with van der Waals surface area (Å²) >= 11 is 0.